The van der Waals surface area contributed by atoms with Gasteiger partial charge in [-0.15, -0.1) is 11.3 Å². The predicted octanol–water partition coefficient (Wildman–Crippen LogP) is 4.97. The van der Waals surface area contributed by atoms with Gasteiger partial charge in [0.15, 0.2) is 5.82 Å². The summed E-state index contributed by atoms with van der Waals surface area (Å²) < 4.78 is 1.04. The van der Waals surface area contributed by atoms with E-state index in [0.717, 1.165) is 45.6 Å². The molecule has 0 unspecified atom stereocenters. The van der Waals surface area contributed by atoms with E-state index in [1.165, 1.54) is 5.56 Å². The van der Waals surface area contributed by atoms with Crippen molar-refractivity contribution in [2.75, 3.05) is 17.2 Å². The third kappa shape index (κ3) is 3.39. The van der Waals surface area contributed by atoms with E-state index in [1.807, 2.05) is 35.8 Å². The lowest BCUT2D eigenvalue weighted by atomic mass is 10.1. The van der Waals surface area contributed by atoms with Crippen LogP contribution in [0.25, 0.3) is 21.1 Å². The van der Waals surface area contributed by atoms with Gasteiger partial charge in [-0.3, -0.25) is 5.10 Å². The van der Waals surface area contributed by atoms with Gasteiger partial charge in [-0.25, -0.2) is 4.98 Å². The fraction of sp³-hybridized carbons (Fsp3) is 0.0952. The number of fused-ring (bicyclic) bond motifs is 2. The lowest BCUT2D eigenvalue weighted by molar-refractivity contribution is 0.992. The van der Waals surface area contributed by atoms with Gasteiger partial charge in [-0.2, -0.15) is 10.1 Å². The van der Waals surface area contributed by atoms with Gasteiger partial charge in [0.05, 0.1) is 21.9 Å². The van der Waals surface area contributed by atoms with Crippen molar-refractivity contribution in [3.8, 4) is 0 Å². The molecule has 0 spiro atoms. The molecule has 6 nitrogen and oxygen atoms in total. The highest BCUT2D eigenvalue weighted by Crippen LogP contribution is 2.30. The van der Waals surface area contributed by atoms with Crippen molar-refractivity contribution in [2.45, 2.75) is 6.42 Å². The number of hydrogen-bond acceptors (Lipinski definition) is 6. The number of H-pyrrole nitrogens is 1. The molecule has 0 fully saturated rings. The lowest BCUT2D eigenvalue weighted by Crippen LogP contribution is -2.09. The second-order valence-electron chi connectivity index (χ2n) is 6.49. The molecule has 7 heteroatoms. The zero-order valence-corrected chi connectivity index (χ0v) is 15.8. The summed E-state index contributed by atoms with van der Waals surface area (Å²) in [6.45, 7) is 0.778. The van der Waals surface area contributed by atoms with E-state index in [-0.39, 0.29) is 0 Å². The number of thiophene rings is 1. The van der Waals surface area contributed by atoms with Gasteiger partial charge in [0, 0.05) is 17.6 Å². The third-order valence-electron chi connectivity index (χ3n) is 4.55. The van der Waals surface area contributed by atoms with Crippen LogP contribution in [0.5, 0.6) is 0 Å². The smallest absolute Gasteiger partial charge is 0.225 e. The lowest BCUT2D eigenvalue weighted by Gasteiger charge is -2.10. The molecule has 0 saturated heterocycles. The van der Waals surface area contributed by atoms with E-state index in [0.29, 0.717) is 5.95 Å². The summed E-state index contributed by atoms with van der Waals surface area (Å²) in [6, 6.07) is 18.5. The van der Waals surface area contributed by atoms with Crippen LogP contribution in [0.15, 0.2) is 66.2 Å². The first-order valence-electron chi connectivity index (χ1n) is 9.08. The van der Waals surface area contributed by atoms with Gasteiger partial charge in [-0.1, -0.05) is 30.3 Å². The molecule has 138 valence electrons. The minimum atomic E-state index is 0.633. The molecular formula is C21H18N6S. The average molecular weight is 386 g/mol. The summed E-state index contributed by atoms with van der Waals surface area (Å²) >= 11 is 1.63. The van der Waals surface area contributed by atoms with E-state index in [4.69, 9.17) is 4.98 Å². The molecule has 3 N–H and O–H groups in total. The Morgan fingerprint density at radius 1 is 1.00 bits per heavy atom. The SMILES string of the molecule is c1ccc(CCNc2nc(Nc3ccc4[nH]ncc4c3)c3sccc3n2)cc1. The Balaban J connectivity index is 1.39. The number of nitrogens with one attached hydrogen (secondary N) is 3. The zero-order valence-electron chi connectivity index (χ0n) is 15.0. The van der Waals surface area contributed by atoms with Crippen molar-refractivity contribution >= 4 is 49.9 Å². The van der Waals surface area contributed by atoms with Crippen LogP contribution < -0.4 is 10.6 Å². The second kappa shape index (κ2) is 7.28. The zero-order chi connectivity index (χ0) is 18.8. The van der Waals surface area contributed by atoms with Crippen LogP contribution in [0.1, 0.15) is 5.56 Å². The van der Waals surface area contributed by atoms with E-state index >= 15 is 0 Å². The van der Waals surface area contributed by atoms with Crippen molar-refractivity contribution in [1.82, 2.24) is 20.2 Å². The van der Waals surface area contributed by atoms with Gasteiger partial charge in [0.1, 0.15) is 0 Å². The fourth-order valence-corrected chi connectivity index (χ4v) is 3.92. The molecule has 0 saturated carbocycles. The molecule has 5 rings (SSSR count). The Morgan fingerprint density at radius 2 is 1.93 bits per heavy atom. The van der Waals surface area contributed by atoms with Crippen LogP contribution in [0.2, 0.25) is 0 Å². The summed E-state index contributed by atoms with van der Waals surface area (Å²) in [7, 11) is 0. The monoisotopic (exact) mass is 386 g/mol. The second-order valence-corrected chi connectivity index (χ2v) is 7.41. The summed E-state index contributed by atoms with van der Waals surface area (Å²) in [5, 5.41) is 16.9. The minimum Gasteiger partial charge on any atom is -0.354 e. The molecule has 3 heterocycles. The fourth-order valence-electron chi connectivity index (χ4n) is 3.15. The Kier molecular flexibility index (Phi) is 4.34. The molecule has 3 aromatic heterocycles. The van der Waals surface area contributed by atoms with Crippen LogP contribution in [-0.2, 0) is 6.42 Å². The minimum absolute atomic E-state index is 0.633. The standard InChI is InChI=1S/C21H18N6S/c1-2-4-14(5-3-1)8-10-22-21-25-18-9-11-28-19(18)20(26-21)24-16-6-7-17-15(12-16)13-23-27-17/h1-7,9,11-13H,8,10H2,(H,23,27)(H2,22,24,25,26). The van der Waals surface area contributed by atoms with Crippen LogP contribution in [0.4, 0.5) is 17.5 Å². The summed E-state index contributed by atoms with van der Waals surface area (Å²) in [5.41, 5.74) is 4.21. The molecule has 0 radical (unpaired) electrons. The number of aromatic nitrogens is 4. The molecule has 0 atom stereocenters. The Hall–Kier alpha value is -3.45. The summed E-state index contributed by atoms with van der Waals surface area (Å²) in [4.78, 5) is 9.36. The van der Waals surface area contributed by atoms with Crippen LogP contribution in [0, 0.1) is 0 Å². The van der Waals surface area contributed by atoms with Crippen molar-refractivity contribution in [2.24, 2.45) is 0 Å². The molecule has 2 aromatic carbocycles. The van der Waals surface area contributed by atoms with Crippen LogP contribution >= 0.6 is 11.3 Å². The van der Waals surface area contributed by atoms with E-state index < -0.39 is 0 Å². The highest BCUT2D eigenvalue weighted by atomic mass is 32.1. The highest BCUT2D eigenvalue weighted by molar-refractivity contribution is 7.17. The van der Waals surface area contributed by atoms with Crippen molar-refractivity contribution in [3.63, 3.8) is 0 Å². The molecular weight excluding hydrogens is 368 g/mol. The number of nitrogens with zero attached hydrogens (tertiary/aromatic N) is 3. The topological polar surface area (TPSA) is 78.5 Å². The van der Waals surface area contributed by atoms with Gasteiger partial charge in [0.25, 0.3) is 0 Å². The normalized spacial score (nSPS) is 11.1. The molecule has 5 aromatic rings. The number of anilines is 3. The van der Waals surface area contributed by atoms with E-state index in [1.54, 1.807) is 11.3 Å². The number of rotatable bonds is 6. The first kappa shape index (κ1) is 16.7. The largest absolute Gasteiger partial charge is 0.354 e. The number of aromatic amines is 1. The number of hydrogen-bond donors (Lipinski definition) is 3. The van der Waals surface area contributed by atoms with Gasteiger partial charge < -0.3 is 10.6 Å². The molecule has 0 aliphatic rings. The molecule has 0 bridgehead atoms. The van der Waals surface area contributed by atoms with E-state index in [2.05, 4.69) is 56.1 Å². The first-order chi connectivity index (χ1) is 13.8. The summed E-state index contributed by atoms with van der Waals surface area (Å²) in [5.74, 6) is 1.44. The molecule has 0 aliphatic carbocycles. The van der Waals surface area contributed by atoms with Crippen molar-refractivity contribution in [3.05, 3.63) is 71.7 Å². The molecule has 28 heavy (non-hydrogen) atoms. The Labute approximate surface area is 165 Å². The van der Waals surface area contributed by atoms with E-state index in [9.17, 15) is 0 Å². The quantitative estimate of drug-likeness (QED) is 0.384. The van der Waals surface area contributed by atoms with Gasteiger partial charge in [-0.05, 0) is 41.6 Å². The molecule has 0 aliphatic heterocycles. The highest BCUT2D eigenvalue weighted by Gasteiger charge is 2.10. The predicted molar refractivity (Wildman–Crippen MR) is 115 cm³/mol. The first-order valence-corrected chi connectivity index (χ1v) is 9.96. The van der Waals surface area contributed by atoms with Crippen molar-refractivity contribution in [1.29, 1.82) is 0 Å². The maximum Gasteiger partial charge on any atom is 0.225 e. The summed E-state index contributed by atoms with van der Waals surface area (Å²) in [6.07, 6.45) is 2.74. The van der Waals surface area contributed by atoms with Crippen LogP contribution in [-0.4, -0.2) is 26.7 Å². The average Bonchev–Trinajstić information content (AvgIpc) is 3.37. The Bertz CT molecular complexity index is 1230. The van der Waals surface area contributed by atoms with Gasteiger partial charge in [0.2, 0.25) is 5.95 Å². The van der Waals surface area contributed by atoms with Gasteiger partial charge >= 0.3 is 0 Å². The third-order valence-corrected chi connectivity index (χ3v) is 5.46. The number of benzene rings is 2. The molecule has 0 amide bonds. The van der Waals surface area contributed by atoms with Crippen LogP contribution in [0.3, 0.4) is 0 Å². The van der Waals surface area contributed by atoms with Crippen molar-refractivity contribution < 1.29 is 0 Å². The maximum atomic E-state index is 4.72. The maximum absolute atomic E-state index is 4.72. The Morgan fingerprint density at radius 3 is 2.86 bits per heavy atom.